The Morgan fingerprint density at radius 1 is 1.22 bits per heavy atom. The van der Waals surface area contributed by atoms with Crippen LogP contribution >= 0.6 is 0 Å². The highest BCUT2D eigenvalue weighted by Gasteiger charge is 2.21. The number of piperidine rings is 1. The SMILES string of the molecule is O=S(=O)(CC1CCCCN1)NCCC1CCCO1. The Morgan fingerprint density at radius 2 is 2.11 bits per heavy atom. The van der Waals surface area contributed by atoms with Gasteiger partial charge in [0.05, 0.1) is 11.9 Å². The quantitative estimate of drug-likeness (QED) is 0.746. The Labute approximate surface area is 110 Å². The predicted octanol–water partition coefficient (Wildman–Crippen LogP) is 0.617. The molecule has 2 unspecified atom stereocenters. The summed E-state index contributed by atoms with van der Waals surface area (Å²) in [5.41, 5.74) is 0. The van der Waals surface area contributed by atoms with Gasteiger partial charge in [-0.15, -0.1) is 0 Å². The number of nitrogens with one attached hydrogen (secondary N) is 2. The Hall–Kier alpha value is -0.170. The number of rotatable bonds is 6. The second-order valence-electron chi connectivity index (χ2n) is 5.25. The molecular weight excluding hydrogens is 252 g/mol. The van der Waals surface area contributed by atoms with E-state index in [2.05, 4.69) is 10.0 Å². The lowest BCUT2D eigenvalue weighted by Crippen LogP contribution is -2.43. The summed E-state index contributed by atoms with van der Waals surface area (Å²) in [7, 11) is -3.14. The van der Waals surface area contributed by atoms with Crippen LogP contribution in [-0.4, -0.2) is 46.0 Å². The van der Waals surface area contributed by atoms with E-state index < -0.39 is 10.0 Å². The summed E-state index contributed by atoms with van der Waals surface area (Å²) in [6, 6.07) is 0.124. The molecule has 0 aromatic heterocycles. The summed E-state index contributed by atoms with van der Waals surface area (Å²) in [5, 5.41) is 3.26. The molecule has 0 radical (unpaired) electrons. The average molecular weight is 276 g/mol. The van der Waals surface area contributed by atoms with Gasteiger partial charge in [0.25, 0.3) is 0 Å². The minimum Gasteiger partial charge on any atom is -0.378 e. The highest BCUT2D eigenvalue weighted by molar-refractivity contribution is 7.89. The van der Waals surface area contributed by atoms with Crippen LogP contribution in [0.2, 0.25) is 0 Å². The minimum absolute atomic E-state index is 0.124. The second-order valence-corrected chi connectivity index (χ2v) is 7.10. The summed E-state index contributed by atoms with van der Waals surface area (Å²) in [4.78, 5) is 0. The fourth-order valence-electron chi connectivity index (χ4n) is 2.64. The lowest BCUT2D eigenvalue weighted by atomic mass is 10.1. The first-order chi connectivity index (χ1) is 8.66. The zero-order chi connectivity index (χ0) is 12.8. The van der Waals surface area contributed by atoms with E-state index in [0.29, 0.717) is 6.54 Å². The summed E-state index contributed by atoms with van der Waals surface area (Å²) < 4.78 is 31.9. The van der Waals surface area contributed by atoms with E-state index in [1.807, 2.05) is 0 Å². The molecule has 2 aliphatic rings. The van der Waals surface area contributed by atoms with Gasteiger partial charge in [-0.3, -0.25) is 0 Å². The first-order valence-electron chi connectivity index (χ1n) is 6.98. The molecule has 2 rings (SSSR count). The molecule has 0 saturated carbocycles. The summed E-state index contributed by atoms with van der Waals surface area (Å²) >= 11 is 0. The van der Waals surface area contributed by atoms with Crippen molar-refractivity contribution in [2.45, 2.75) is 50.7 Å². The van der Waals surface area contributed by atoms with Crippen molar-refractivity contribution in [3.63, 3.8) is 0 Å². The van der Waals surface area contributed by atoms with Crippen LogP contribution in [0, 0.1) is 0 Å². The van der Waals surface area contributed by atoms with Crippen LogP contribution in [0.1, 0.15) is 38.5 Å². The Morgan fingerprint density at radius 3 is 2.78 bits per heavy atom. The van der Waals surface area contributed by atoms with Crippen molar-refractivity contribution in [1.29, 1.82) is 0 Å². The molecule has 5 nitrogen and oxygen atoms in total. The molecule has 0 spiro atoms. The third-order valence-corrected chi connectivity index (χ3v) is 5.13. The third kappa shape index (κ3) is 4.84. The summed E-state index contributed by atoms with van der Waals surface area (Å²) in [6.45, 7) is 2.26. The lowest BCUT2D eigenvalue weighted by molar-refractivity contribution is 0.105. The van der Waals surface area contributed by atoms with Crippen LogP contribution in [0.15, 0.2) is 0 Å². The molecule has 2 N–H and O–H groups in total. The van der Waals surface area contributed by atoms with E-state index in [1.165, 1.54) is 0 Å². The molecule has 0 amide bonds. The molecule has 0 bridgehead atoms. The van der Waals surface area contributed by atoms with Gasteiger partial charge in [0.1, 0.15) is 0 Å². The first kappa shape index (κ1) is 14.2. The fourth-order valence-corrected chi connectivity index (χ4v) is 4.00. The molecule has 2 aliphatic heterocycles. The van der Waals surface area contributed by atoms with Crippen LogP contribution < -0.4 is 10.0 Å². The standard InChI is InChI=1S/C12H24N2O3S/c15-18(16,10-11-4-1-2-7-13-11)14-8-6-12-5-3-9-17-12/h11-14H,1-10H2. The van der Waals surface area contributed by atoms with Crippen molar-refractivity contribution in [3.8, 4) is 0 Å². The van der Waals surface area contributed by atoms with Crippen molar-refractivity contribution >= 4 is 10.0 Å². The van der Waals surface area contributed by atoms with E-state index in [9.17, 15) is 8.42 Å². The maximum Gasteiger partial charge on any atom is 0.213 e. The van der Waals surface area contributed by atoms with Crippen LogP contribution in [0.4, 0.5) is 0 Å². The van der Waals surface area contributed by atoms with Gasteiger partial charge < -0.3 is 10.1 Å². The molecule has 2 atom stereocenters. The van der Waals surface area contributed by atoms with Crippen LogP contribution in [0.3, 0.4) is 0 Å². The summed E-state index contributed by atoms with van der Waals surface area (Å²) in [5.74, 6) is 0.207. The van der Waals surface area contributed by atoms with Crippen molar-refractivity contribution in [3.05, 3.63) is 0 Å². The fraction of sp³-hybridized carbons (Fsp3) is 1.00. The van der Waals surface area contributed by atoms with Crippen LogP contribution in [0.5, 0.6) is 0 Å². The van der Waals surface area contributed by atoms with Crippen molar-refractivity contribution in [1.82, 2.24) is 10.0 Å². The maximum atomic E-state index is 11.9. The highest BCUT2D eigenvalue weighted by Crippen LogP contribution is 2.14. The minimum atomic E-state index is -3.14. The normalized spacial score (nSPS) is 29.6. The molecule has 2 fully saturated rings. The zero-order valence-electron chi connectivity index (χ0n) is 10.9. The predicted molar refractivity (Wildman–Crippen MR) is 71.0 cm³/mol. The number of sulfonamides is 1. The molecule has 2 heterocycles. The van der Waals surface area contributed by atoms with Gasteiger partial charge in [0.15, 0.2) is 0 Å². The molecule has 2 saturated heterocycles. The van der Waals surface area contributed by atoms with Gasteiger partial charge >= 0.3 is 0 Å². The smallest absolute Gasteiger partial charge is 0.213 e. The maximum absolute atomic E-state index is 11.9. The van der Waals surface area contributed by atoms with Gasteiger partial charge in [-0.1, -0.05) is 6.42 Å². The van der Waals surface area contributed by atoms with Crippen molar-refractivity contribution in [2.75, 3.05) is 25.4 Å². The number of hydrogen-bond acceptors (Lipinski definition) is 4. The molecular formula is C12H24N2O3S. The lowest BCUT2D eigenvalue weighted by Gasteiger charge is -2.23. The van der Waals surface area contributed by atoms with Gasteiger partial charge in [0, 0.05) is 19.2 Å². The largest absolute Gasteiger partial charge is 0.378 e. The van der Waals surface area contributed by atoms with E-state index in [4.69, 9.17) is 4.74 Å². The molecule has 0 aromatic carbocycles. The Bertz CT molecular complexity index is 333. The van der Waals surface area contributed by atoms with E-state index in [1.54, 1.807) is 0 Å². The van der Waals surface area contributed by atoms with Gasteiger partial charge in [-0.05, 0) is 38.6 Å². The monoisotopic (exact) mass is 276 g/mol. The highest BCUT2D eigenvalue weighted by atomic mass is 32.2. The molecule has 18 heavy (non-hydrogen) atoms. The Balaban J connectivity index is 1.66. The molecule has 106 valence electrons. The summed E-state index contributed by atoms with van der Waals surface area (Å²) in [6.07, 6.45) is 6.45. The van der Waals surface area contributed by atoms with E-state index in [0.717, 1.165) is 51.7 Å². The molecule has 6 heteroatoms. The van der Waals surface area contributed by atoms with Gasteiger partial charge in [-0.2, -0.15) is 0 Å². The first-order valence-corrected chi connectivity index (χ1v) is 8.63. The average Bonchev–Trinajstić information content (AvgIpc) is 2.82. The van der Waals surface area contributed by atoms with Crippen LogP contribution in [0.25, 0.3) is 0 Å². The second kappa shape index (κ2) is 6.84. The number of hydrogen-bond donors (Lipinski definition) is 2. The zero-order valence-corrected chi connectivity index (χ0v) is 11.7. The van der Waals surface area contributed by atoms with Crippen LogP contribution in [-0.2, 0) is 14.8 Å². The van der Waals surface area contributed by atoms with Gasteiger partial charge in [0.2, 0.25) is 10.0 Å². The van der Waals surface area contributed by atoms with Crippen molar-refractivity contribution in [2.24, 2.45) is 0 Å². The van der Waals surface area contributed by atoms with Gasteiger partial charge in [-0.25, -0.2) is 13.1 Å². The topological polar surface area (TPSA) is 67.4 Å². The third-order valence-electron chi connectivity index (χ3n) is 3.65. The molecule has 0 aromatic rings. The number of ether oxygens (including phenoxy) is 1. The molecule has 0 aliphatic carbocycles. The van der Waals surface area contributed by atoms with E-state index >= 15 is 0 Å². The van der Waals surface area contributed by atoms with E-state index in [-0.39, 0.29) is 17.9 Å². The van der Waals surface area contributed by atoms with Crippen molar-refractivity contribution < 1.29 is 13.2 Å². The Kier molecular flexibility index (Phi) is 5.41.